The first-order valence-corrected chi connectivity index (χ1v) is 2.71. The van der Waals surface area contributed by atoms with Crippen LogP contribution in [0.4, 0.5) is 0 Å². The van der Waals surface area contributed by atoms with E-state index >= 15 is 0 Å². The maximum absolute atomic E-state index is 8.60. The van der Waals surface area contributed by atoms with Gasteiger partial charge in [0.25, 0.3) is 0 Å². The molecule has 0 rings (SSSR count). The Morgan fingerprint density at radius 1 is 1.78 bits per heavy atom. The molecule has 0 aliphatic rings. The molecule has 0 aromatic heterocycles. The average molecular weight is 128 g/mol. The summed E-state index contributed by atoms with van der Waals surface area (Å²) in [6.45, 7) is 1.76. The lowest BCUT2D eigenvalue weighted by Crippen LogP contribution is -2.04. The van der Waals surface area contributed by atoms with E-state index in [9.17, 15) is 0 Å². The highest BCUT2D eigenvalue weighted by atomic mass is 16.3. The fourth-order valence-corrected chi connectivity index (χ4v) is 0.431. The molecule has 0 bridgehead atoms. The first-order chi connectivity index (χ1) is 4.26. The lowest BCUT2D eigenvalue weighted by Gasteiger charge is -1.98. The largest absolute Gasteiger partial charge is 0.404 e. The summed E-state index contributed by atoms with van der Waals surface area (Å²) in [6.07, 6.45) is 1.36. The molecule has 0 unspecified atom stereocenters. The minimum atomic E-state index is -0.0420. The van der Waals surface area contributed by atoms with Gasteiger partial charge in [-0.05, 0) is 6.92 Å². The Morgan fingerprint density at radius 3 is 2.44 bits per heavy atom. The van der Waals surface area contributed by atoms with E-state index in [0.29, 0.717) is 5.57 Å². The van der Waals surface area contributed by atoms with E-state index in [1.54, 1.807) is 14.0 Å². The standard InChI is InChI=1S/C6H12N2O/c1-5(8-2)6(3-7)4-9/h3,9H,4,7H2,1-2H3. The van der Waals surface area contributed by atoms with Crippen LogP contribution in [0.15, 0.2) is 16.8 Å². The zero-order chi connectivity index (χ0) is 7.28. The lowest BCUT2D eigenvalue weighted by atomic mass is 10.2. The lowest BCUT2D eigenvalue weighted by molar-refractivity contribution is 0.336. The van der Waals surface area contributed by atoms with Crippen LogP contribution in [0.2, 0.25) is 0 Å². The van der Waals surface area contributed by atoms with Gasteiger partial charge in [0.15, 0.2) is 0 Å². The van der Waals surface area contributed by atoms with Crippen LogP contribution in [-0.4, -0.2) is 24.5 Å². The SMILES string of the molecule is CN=C(C)C(=CN)CO. The van der Waals surface area contributed by atoms with Crippen molar-refractivity contribution in [1.82, 2.24) is 0 Å². The number of aliphatic imine (C=N–C) groups is 1. The minimum absolute atomic E-state index is 0.0420. The van der Waals surface area contributed by atoms with Crippen molar-refractivity contribution < 1.29 is 5.11 Å². The minimum Gasteiger partial charge on any atom is -0.404 e. The Bertz CT molecular complexity index is 138. The summed E-state index contributed by atoms with van der Waals surface area (Å²) in [5, 5.41) is 8.60. The van der Waals surface area contributed by atoms with Crippen LogP contribution in [0.3, 0.4) is 0 Å². The zero-order valence-corrected chi connectivity index (χ0v) is 5.76. The van der Waals surface area contributed by atoms with E-state index < -0.39 is 0 Å². The van der Waals surface area contributed by atoms with E-state index in [1.165, 1.54) is 6.20 Å². The molecule has 0 amide bonds. The third-order valence-electron chi connectivity index (χ3n) is 1.17. The van der Waals surface area contributed by atoms with Crippen molar-refractivity contribution in [3.63, 3.8) is 0 Å². The molecule has 3 heteroatoms. The smallest absolute Gasteiger partial charge is 0.0713 e. The molecule has 0 heterocycles. The van der Waals surface area contributed by atoms with Crippen LogP contribution in [0.1, 0.15) is 6.92 Å². The summed E-state index contributed by atoms with van der Waals surface area (Å²) >= 11 is 0. The Kier molecular flexibility index (Phi) is 3.71. The molecule has 0 aromatic carbocycles. The number of nitrogens with two attached hydrogens (primary N) is 1. The molecule has 0 spiro atoms. The highest BCUT2D eigenvalue weighted by Gasteiger charge is 1.95. The van der Waals surface area contributed by atoms with Crippen LogP contribution in [0, 0.1) is 0 Å². The summed E-state index contributed by atoms with van der Waals surface area (Å²) < 4.78 is 0. The van der Waals surface area contributed by atoms with Crippen molar-refractivity contribution >= 4 is 5.71 Å². The normalized spacial score (nSPS) is 14.1. The highest BCUT2D eigenvalue weighted by molar-refractivity contribution is 5.98. The van der Waals surface area contributed by atoms with E-state index in [1.807, 2.05) is 0 Å². The number of hydrogen-bond acceptors (Lipinski definition) is 3. The third-order valence-corrected chi connectivity index (χ3v) is 1.17. The predicted octanol–water partition coefficient (Wildman–Crippen LogP) is -0.0880. The number of rotatable bonds is 2. The van der Waals surface area contributed by atoms with Gasteiger partial charge in [-0.3, -0.25) is 4.99 Å². The number of nitrogens with zero attached hydrogens (tertiary/aromatic N) is 1. The second kappa shape index (κ2) is 4.09. The van der Waals surface area contributed by atoms with E-state index in [0.717, 1.165) is 5.71 Å². The van der Waals surface area contributed by atoms with E-state index in [2.05, 4.69) is 4.99 Å². The average Bonchev–Trinajstić information content (AvgIpc) is 1.90. The van der Waals surface area contributed by atoms with Gasteiger partial charge in [0.2, 0.25) is 0 Å². The fraction of sp³-hybridized carbons (Fsp3) is 0.500. The second-order valence-electron chi connectivity index (χ2n) is 1.66. The molecule has 0 aromatic rings. The third kappa shape index (κ3) is 2.28. The Labute approximate surface area is 54.9 Å². The van der Waals surface area contributed by atoms with Gasteiger partial charge in [-0.25, -0.2) is 0 Å². The van der Waals surface area contributed by atoms with Gasteiger partial charge in [0.05, 0.1) is 6.61 Å². The molecule has 0 fully saturated rings. The van der Waals surface area contributed by atoms with Crippen LogP contribution < -0.4 is 5.73 Å². The molecule has 0 aliphatic carbocycles. The van der Waals surface area contributed by atoms with Gasteiger partial charge in [0.1, 0.15) is 0 Å². The van der Waals surface area contributed by atoms with Crippen molar-refractivity contribution in [2.45, 2.75) is 6.92 Å². The first-order valence-electron chi connectivity index (χ1n) is 2.71. The van der Waals surface area contributed by atoms with Gasteiger partial charge in [-0.2, -0.15) is 0 Å². The first kappa shape index (κ1) is 8.17. The molecule has 0 aliphatic heterocycles. The number of hydrogen-bond donors (Lipinski definition) is 2. The van der Waals surface area contributed by atoms with Gasteiger partial charge >= 0.3 is 0 Å². The zero-order valence-electron chi connectivity index (χ0n) is 5.76. The molecule has 3 nitrogen and oxygen atoms in total. The summed E-state index contributed by atoms with van der Waals surface area (Å²) in [5.41, 5.74) is 6.61. The van der Waals surface area contributed by atoms with Gasteiger partial charge in [0, 0.05) is 24.5 Å². The monoisotopic (exact) mass is 128 g/mol. The molecule has 0 saturated carbocycles. The van der Waals surface area contributed by atoms with Crippen molar-refractivity contribution in [3.05, 3.63) is 11.8 Å². The van der Waals surface area contributed by atoms with Crippen LogP contribution >= 0.6 is 0 Å². The topological polar surface area (TPSA) is 58.6 Å². The van der Waals surface area contributed by atoms with Crippen LogP contribution in [0.5, 0.6) is 0 Å². The van der Waals surface area contributed by atoms with Gasteiger partial charge in [-0.15, -0.1) is 0 Å². The van der Waals surface area contributed by atoms with Gasteiger partial charge < -0.3 is 10.8 Å². The van der Waals surface area contributed by atoms with Crippen LogP contribution in [-0.2, 0) is 0 Å². The summed E-state index contributed by atoms with van der Waals surface area (Å²) in [6, 6.07) is 0. The quantitative estimate of drug-likeness (QED) is 0.511. The highest BCUT2D eigenvalue weighted by Crippen LogP contribution is 1.92. The predicted molar refractivity (Wildman–Crippen MR) is 38.4 cm³/mol. The molecular formula is C6H12N2O. The molecule has 0 atom stereocenters. The van der Waals surface area contributed by atoms with E-state index in [4.69, 9.17) is 10.8 Å². The maximum Gasteiger partial charge on any atom is 0.0713 e. The number of aliphatic hydroxyl groups excluding tert-OH is 1. The molecule has 9 heavy (non-hydrogen) atoms. The molecular weight excluding hydrogens is 116 g/mol. The molecule has 0 saturated heterocycles. The molecule has 52 valence electrons. The molecule has 0 radical (unpaired) electrons. The second-order valence-corrected chi connectivity index (χ2v) is 1.66. The van der Waals surface area contributed by atoms with Crippen molar-refractivity contribution in [1.29, 1.82) is 0 Å². The summed E-state index contributed by atoms with van der Waals surface area (Å²) in [4.78, 5) is 3.84. The summed E-state index contributed by atoms with van der Waals surface area (Å²) in [5.74, 6) is 0. The van der Waals surface area contributed by atoms with Crippen molar-refractivity contribution in [3.8, 4) is 0 Å². The van der Waals surface area contributed by atoms with Crippen molar-refractivity contribution in [2.24, 2.45) is 10.7 Å². The maximum atomic E-state index is 8.60. The van der Waals surface area contributed by atoms with Crippen molar-refractivity contribution in [2.75, 3.05) is 13.7 Å². The number of aliphatic hydroxyl groups is 1. The Hall–Kier alpha value is -0.830. The van der Waals surface area contributed by atoms with Crippen LogP contribution in [0.25, 0.3) is 0 Å². The van der Waals surface area contributed by atoms with E-state index in [-0.39, 0.29) is 6.61 Å². The summed E-state index contributed by atoms with van der Waals surface area (Å²) in [7, 11) is 1.66. The Morgan fingerprint density at radius 2 is 2.33 bits per heavy atom. The fourth-order valence-electron chi connectivity index (χ4n) is 0.431. The molecule has 3 N–H and O–H groups in total. The van der Waals surface area contributed by atoms with Gasteiger partial charge in [-0.1, -0.05) is 0 Å². The Balaban J connectivity index is 4.14.